The fraction of sp³-hybridized carbons (Fsp3) is 0.438. The number of benzene rings is 1. The van der Waals surface area contributed by atoms with Gasteiger partial charge in [-0.3, -0.25) is 4.79 Å². The Morgan fingerprint density at radius 3 is 2.54 bits per heavy atom. The second kappa shape index (κ2) is 7.18. The summed E-state index contributed by atoms with van der Waals surface area (Å²) in [5.74, 6) is -0.798. The molecule has 1 aliphatic heterocycles. The van der Waals surface area contributed by atoms with E-state index in [2.05, 4.69) is 0 Å². The molecule has 0 bridgehead atoms. The molecule has 1 aromatic carbocycles. The summed E-state index contributed by atoms with van der Waals surface area (Å²) in [5, 5.41) is 39.2. The predicted octanol–water partition coefficient (Wildman–Crippen LogP) is -0.513. The van der Waals surface area contributed by atoms with Crippen molar-refractivity contribution >= 4 is 12.0 Å². The molecule has 0 aliphatic carbocycles. The number of primary amides is 1. The molecule has 1 aromatic rings. The van der Waals surface area contributed by atoms with E-state index in [1.165, 1.54) is 25.1 Å². The van der Waals surface area contributed by atoms with Crippen LogP contribution in [-0.2, 0) is 9.53 Å². The van der Waals surface area contributed by atoms with Gasteiger partial charge >= 0.3 is 0 Å². The van der Waals surface area contributed by atoms with Gasteiger partial charge in [0.15, 0.2) is 11.5 Å². The average Bonchev–Trinajstić information content (AvgIpc) is 2.78. The molecule has 1 heterocycles. The molecule has 8 nitrogen and oxygen atoms in total. The maximum Gasteiger partial charge on any atom is 0.244 e. The molecule has 0 spiro atoms. The highest BCUT2D eigenvalue weighted by Gasteiger charge is 2.46. The molecule has 132 valence electrons. The van der Waals surface area contributed by atoms with E-state index in [9.17, 15) is 25.2 Å². The van der Waals surface area contributed by atoms with Crippen LogP contribution in [0.5, 0.6) is 11.5 Å². The van der Waals surface area contributed by atoms with Crippen LogP contribution in [0, 0.1) is 0 Å². The number of hydrogen-bond acceptors (Lipinski definition) is 7. The number of carbonyl (C=O) groups excluding carboxylic acids is 1. The minimum atomic E-state index is -1.37. The Labute approximate surface area is 138 Å². The first kappa shape index (κ1) is 18.2. The molecule has 5 atom stereocenters. The first-order valence-electron chi connectivity index (χ1n) is 7.38. The van der Waals surface area contributed by atoms with Crippen molar-refractivity contribution in [3.8, 4) is 11.5 Å². The van der Waals surface area contributed by atoms with E-state index in [0.717, 1.165) is 0 Å². The number of hydrogen-bond donors (Lipinski definition) is 5. The van der Waals surface area contributed by atoms with Gasteiger partial charge in [-0.25, -0.2) is 0 Å². The molecule has 0 saturated carbocycles. The molecule has 8 heteroatoms. The normalized spacial score (nSPS) is 28.6. The summed E-state index contributed by atoms with van der Waals surface area (Å²) in [4.78, 5) is 11.0. The molecule has 2 rings (SSSR count). The van der Waals surface area contributed by atoms with Crippen molar-refractivity contribution in [1.29, 1.82) is 0 Å². The molecule has 6 N–H and O–H groups in total. The Hall–Kier alpha value is -2.13. The largest absolute Gasteiger partial charge is 0.504 e. The maximum absolute atomic E-state index is 11.0. The summed E-state index contributed by atoms with van der Waals surface area (Å²) in [6, 6.07) is 4.35. The summed E-state index contributed by atoms with van der Waals surface area (Å²) in [5.41, 5.74) is 6.00. The number of ether oxygens (including phenoxy) is 2. The number of aliphatic hydroxyl groups excluding tert-OH is 3. The van der Waals surface area contributed by atoms with Gasteiger partial charge in [0.05, 0.1) is 6.10 Å². The number of nitrogens with two attached hydrogens (primary N) is 1. The lowest BCUT2D eigenvalue weighted by Gasteiger charge is -2.18. The van der Waals surface area contributed by atoms with Crippen LogP contribution in [0.4, 0.5) is 0 Å². The van der Waals surface area contributed by atoms with Crippen molar-refractivity contribution in [3.63, 3.8) is 0 Å². The summed E-state index contributed by atoms with van der Waals surface area (Å²) in [6.45, 7) is 2.97. The minimum Gasteiger partial charge on any atom is -0.504 e. The van der Waals surface area contributed by atoms with Gasteiger partial charge in [-0.15, -0.1) is 0 Å². The smallest absolute Gasteiger partial charge is 0.244 e. The van der Waals surface area contributed by atoms with E-state index in [4.69, 9.17) is 15.2 Å². The minimum absolute atomic E-state index is 0.0198. The molecule has 0 unspecified atom stereocenters. The molecule has 24 heavy (non-hydrogen) atoms. The number of phenolic OH excluding ortho intramolecular Hbond substituents is 1. The van der Waals surface area contributed by atoms with Crippen LogP contribution in [0.2, 0.25) is 0 Å². The van der Waals surface area contributed by atoms with Crippen molar-refractivity contribution in [2.45, 2.75) is 44.6 Å². The van der Waals surface area contributed by atoms with Crippen molar-refractivity contribution < 1.29 is 34.7 Å². The monoisotopic (exact) mass is 339 g/mol. The van der Waals surface area contributed by atoms with Crippen LogP contribution >= 0.6 is 0 Å². The predicted molar refractivity (Wildman–Crippen MR) is 83.9 cm³/mol. The van der Waals surface area contributed by atoms with E-state index in [1.807, 2.05) is 0 Å². The number of rotatable bonds is 5. The summed E-state index contributed by atoms with van der Waals surface area (Å²) in [7, 11) is 0. The number of aromatic hydroxyl groups is 1. The zero-order chi connectivity index (χ0) is 18.0. The van der Waals surface area contributed by atoms with Crippen LogP contribution in [0.1, 0.15) is 19.4 Å². The van der Waals surface area contributed by atoms with Crippen molar-refractivity contribution in [2.75, 3.05) is 0 Å². The van der Waals surface area contributed by atoms with Gasteiger partial charge in [0.25, 0.3) is 0 Å². The number of amides is 1. The van der Waals surface area contributed by atoms with E-state index < -0.39 is 36.6 Å². The molecule has 1 aliphatic rings. The van der Waals surface area contributed by atoms with Crippen LogP contribution in [-0.4, -0.2) is 57.0 Å². The molecular weight excluding hydrogens is 318 g/mol. The summed E-state index contributed by atoms with van der Waals surface area (Å²) < 4.78 is 10.6. The van der Waals surface area contributed by atoms with Crippen LogP contribution in [0.25, 0.3) is 6.08 Å². The third-order valence-corrected chi connectivity index (χ3v) is 3.73. The lowest BCUT2D eigenvalue weighted by molar-refractivity contribution is -0.129. The van der Waals surface area contributed by atoms with Gasteiger partial charge in [-0.2, -0.15) is 0 Å². The van der Waals surface area contributed by atoms with Crippen molar-refractivity contribution in [1.82, 2.24) is 0 Å². The van der Waals surface area contributed by atoms with Gasteiger partial charge in [0.2, 0.25) is 12.2 Å². The van der Waals surface area contributed by atoms with Crippen molar-refractivity contribution in [2.24, 2.45) is 5.73 Å². The number of phenols is 1. The second-order valence-electron chi connectivity index (χ2n) is 5.73. The van der Waals surface area contributed by atoms with Crippen LogP contribution in [0.15, 0.2) is 23.8 Å². The Balaban J connectivity index is 2.14. The molecule has 1 fully saturated rings. The molecule has 0 radical (unpaired) electrons. The zero-order valence-electron chi connectivity index (χ0n) is 13.3. The average molecular weight is 339 g/mol. The van der Waals surface area contributed by atoms with Crippen LogP contribution < -0.4 is 10.5 Å². The van der Waals surface area contributed by atoms with E-state index >= 15 is 0 Å². The fourth-order valence-electron chi connectivity index (χ4n) is 2.34. The Bertz CT molecular complexity index is 643. The number of aliphatic hydroxyl groups is 3. The van der Waals surface area contributed by atoms with Gasteiger partial charge in [0, 0.05) is 5.57 Å². The molecule has 1 amide bonds. The maximum atomic E-state index is 11.0. The van der Waals surface area contributed by atoms with E-state index in [1.54, 1.807) is 13.0 Å². The third kappa shape index (κ3) is 3.85. The topological polar surface area (TPSA) is 142 Å². The highest BCUT2D eigenvalue weighted by molar-refractivity contribution is 5.96. The Morgan fingerprint density at radius 1 is 1.38 bits per heavy atom. The first-order valence-corrected chi connectivity index (χ1v) is 7.38. The summed E-state index contributed by atoms with van der Waals surface area (Å²) in [6.07, 6.45) is -4.41. The zero-order valence-corrected chi connectivity index (χ0v) is 13.3. The first-order chi connectivity index (χ1) is 11.2. The van der Waals surface area contributed by atoms with Gasteiger partial charge < -0.3 is 35.6 Å². The van der Waals surface area contributed by atoms with Gasteiger partial charge in [-0.1, -0.05) is 6.07 Å². The lowest BCUT2D eigenvalue weighted by Crippen LogP contribution is -2.38. The molecular formula is C16H21NO7. The fourth-order valence-corrected chi connectivity index (χ4v) is 2.34. The van der Waals surface area contributed by atoms with Crippen molar-refractivity contribution in [3.05, 3.63) is 29.3 Å². The molecule has 0 aromatic heterocycles. The third-order valence-electron chi connectivity index (χ3n) is 3.73. The highest BCUT2D eigenvalue weighted by Crippen LogP contribution is 2.32. The van der Waals surface area contributed by atoms with E-state index in [-0.39, 0.29) is 11.5 Å². The lowest BCUT2D eigenvalue weighted by atomic mass is 10.1. The Kier molecular flexibility index (Phi) is 5.45. The van der Waals surface area contributed by atoms with Crippen LogP contribution in [0.3, 0.4) is 0 Å². The standard InChI is InChI=1S/C16H21NO7/c1-7(15(17)22)5-9-3-4-11(10(19)6-9)23-16-13(21)12(20)14(24-16)8(2)18/h3-6,8,12-14,16,18-21H,1-2H3,(H2,17,22)/b7-5+/t8-,12+,13+,14-,16-/m1/s1. The second-order valence-corrected chi connectivity index (χ2v) is 5.73. The quantitative estimate of drug-likeness (QED) is 0.455. The Morgan fingerprint density at radius 2 is 2.04 bits per heavy atom. The summed E-state index contributed by atoms with van der Waals surface area (Å²) >= 11 is 0. The van der Waals surface area contributed by atoms with Gasteiger partial charge in [-0.05, 0) is 37.6 Å². The van der Waals surface area contributed by atoms with Gasteiger partial charge in [0.1, 0.15) is 18.3 Å². The van der Waals surface area contributed by atoms with E-state index in [0.29, 0.717) is 11.1 Å². The molecule has 1 saturated heterocycles. The SMILES string of the molecule is C/C(=C\c1ccc(O[C@@H]2O[C@H]([C@@H](C)O)[C@@H](O)[C@@H]2O)c(O)c1)C(N)=O. The number of carbonyl (C=O) groups is 1. The highest BCUT2D eigenvalue weighted by atomic mass is 16.7.